The highest BCUT2D eigenvalue weighted by Crippen LogP contribution is 2.29. The number of hydrogen-bond donors (Lipinski definition) is 3. The normalized spacial score (nSPS) is 24.0. The quantitative estimate of drug-likeness (QED) is 0.734. The van der Waals surface area contributed by atoms with Gasteiger partial charge in [0, 0.05) is 18.3 Å². The Balaban J connectivity index is 2.09. The zero-order valence-electron chi connectivity index (χ0n) is 9.82. The molecule has 2 heterocycles. The maximum Gasteiger partial charge on any atom is 0.269 e. The standard InChI is InChI=1S/C11H14Cl3N3O/c1-5-8(13)9(14)10(16-5)11(18)17-7-2-3-15-4-6(7)12/h6-7,15-16H,2-4H2,1H3,(H,17,18)/t6-,7+/m1/s1. The van der Waals surface area contributed by atoms with E-state index in [1.54, 1.807) is 6.92 Å². The van der Waals surface area contributed by atoms with Gasteiger partial charge in [-0.15, -0.1) is 11.6 Å². The number of alkyl halides is 1. The monoisotopic (exact) mass is 309 g/mol. The second-order valence-electron chi connectivity index (χ2n) is 4.34. The highest BCUT2D eigenvalue weighted by Gasteiger charge is 2.26. The van der Waals surface area contributed by atoms with Crippen LogP contribution in [0.4, 0.5) is 0 Å². The number of carbonyl (C=O) groups is 1. The summed E-state index contributed by atoms with van der Waals surface area (Å²) in [5.74, 6) is -0.271. The highest BCUT2D eigenvalue weighted by molar-refractivity contribution is 6.44. The molecular weight excluding hydrogens is 296 g/mol. The van der Waals surface area contributed by atoms with E-state index in [-0.39, 0.29) is 22.3 Å². The van der Waals surface area contributed by atoms with Gasteiger partial charge in [0.05, 0.1) is 15.4 Å². The maximum atomic E-state index is 12.1. The van der Waals surface area contributed by atoms with Gasteiger partial charge in [-0.1, -0.05) is 23.2 Å². The topological polar surface area (TPSA) is 56.9 Å². The number of aryl methyl sites for hydroxylation is 1. The number of amides is 1. The SMILES string of the molecule is Cc1[nH]c(C(=O)N[C@H]2CCNC[C@H]2Cl)c(Cl)c1Cl. The Morgan fingerprint density at radius 1 is 1.39 bits per heavy atom. The molecule has 0 radical (unpaired) electrons. The molecule has 2 atom stereocenters. The number of halogens is 3. The fraction of sp³-hybridized carbons (Fsp3) is 0.545. The average Bonchev–Trinajstić information content (AvgIpc) is 2.60. The van der Waals surface area contributed by atoms with Gasteiger partial charge in [-0.2, -0.15) is 0 Å². The van der Waals surface area contributed by atoms with Crippen LogP contribution in [0.1, 0.15) is 22.6 Å². The first-order valence-corrected chi connectivity index (χ1v) is 6.89. The van der Waals surface area contributed by atoms with Crippen LogP contribution in [0.2, 0.25) is 10.0 Å². The molecular formula is C11H14Cl3N3O. The van der Waals surface area contributed by atoms with Gasteiger partial charge >= 0.3 is 0 Å². The minimum atomic E-state index is -0.271. The number of carbonyl (C=O) groups excluding carboxylic acids is 1. The summed E-state index contributed by atoms with van der Waals surface area (Å²) in [6, 6.07) is -0.0566. The molecule has 0 spiro atoms. The van der Waals surface area contributed by atoms with E-state index in [2.05, 4.69) is 15.6 Å². The van der Waals surface area contributed by atoms with Gasteiger partial charge in [0.1, 0.15) is 5.69 Å². The molecule has 1 aliphatic rings. The van der Waals surface area contributed by atoms with Gasteiger partial charge in [-0.05, 0) is 19.9 Å². The lowest BCUT2D eigenvalue weighted by atomic mass is 10.1. The number of aromatic amines is 1. The van der Waals surface area contributed by atoms with Crippen molar-refractivity contribution in [1.29, 1.82) is 0 Å². The molecule has 7 heteroatoms. The Labute approximate surface area is 120 Å². The molecule has 18 heavy (non-hydrogen) atoms. The zero-order valence-corrected chi connectivity index (χ0v) is 12.1. The lowest BCUT2D eigenvalue weighted by Crippen LogP contribution is -2.50. The van der Waals surface area contributed by atoms with E-state index in [1.807, 2.05) is 0 Å². The predicted molar refractivity (Wildman–Crippen MR) is 73.9 cm³/mol. The van der Waals surface area contributed by atoms with Crippen molar-refractivity contribution in [1.82, 2.24) is 15.6 Å². The number of H-pyrrole nitrogens is 1. The van der Waals surface area contributed by atoms with Gasteiger partial charge in [0.25, 0.3) is 5.91 Å². The number of hydrogen-bond acceptors (Lipinski definition) is 2. The van der Waals surface area contributed by atoms with Crippen LogP contribution in [0.3, 0.4) is 0 Å². The average molecular weight is 311 g/mol. The van der Waals surface area contributed by atoms with E-state index in [1.165, 1.54) is 0 Å². The van der Waals surface area contributed by atoms with E-state index in [0.717, 1.165) is 13.0 Å². The summed E-state index contributed by atoms with van der Waals surface area (Å²) in [5, 5.41) is 6.57. The predicted octanol–water partition coefficient (Wildman–Crippen LogP) is 2.33. The first kappa shape index (κ1) is 14.0. The van der Waals surface area contributed by atoms with Crippen molar-refractivity contribution >= 4 is 40.7 Å². The number of piperidine rings is 1. The third-order valence-corrected chi connectivity index (χ3v) is 4.41. The third kappa shape index (κ3) is 2.77. The van der Waals surface area contributed by atoms with E-state index < -0.39 is 0 Å². The summed E-state index contributed by atoms with van der Waals surface area (Å²) in [6.07, 6.45) is 0.797. The first-order valence-electron chi connectivity index (χ1n) is 5.70. The molecule has 1 aromatic heterocycles. The summed E-state index contributed by atoms with van der Waals surface area (Å²) in [6.45, 7) is 3.29. The van der Waals surface area contributed by atoms with Crippen LogP contribution in [0.5, 0.6) is 0 Å². The minimum absolute atomic E-state index is 0.0566. The van der Waals surface area contributed by atoms with Crippen LogP contribution in [0.25, 0.3) is 0 Å². The Morgan fingerprint density at radius 3 is 2.67 bits per heavy atom. The maximum absolute atomic E-state index is 12.1. The van der Waals surface area contributed by atoms with Crippen molar-refractivity contribution in [2.24, 2.45) is 0 Å². The van der Waals surface area contributed by atoms with Gasteiger partial charge in [-0.25, -0.2) is 0 Å². The Hall–Kier alpha value is -0.420. The first-order chi connectivity index (χ1) is 8.50. The van der Waals surface area contributed by atoms with E-state index in [4.69, 9.17) is 34.8 Å². The van der Waals surface area contributed by atoms with Crippen molar-refractivity contribution in [3.8, 4) is 0 Å². The Kier molecular flexibility index (Phi) is 4.43. The molecule has 1 saturated heterocycles. The van der Waals surface area contributed by atoms with Crippen LogP contribution in [-0.2, 0) is 0 Å². The number of aromatic nitrogens is 1. The molecule has 0 unspecified atom stereocenters. The fourth-order valence-corrected chi connectivity index (χ4v) is 2.67. The zero-order chi connectivity index (χ0) is 13.3. The number of rotatable bonds is 2. The molecule has 1 aromatic rings. The largest absolute Gasteiger partial charge is 0.352 e. The van der Waals surface area contributed by atoms with Crippen molar-refractivity contribution in [3.05, 3.63) is 21.4 Å². The minimum Gasteiger partial charge on any atom is -0.352 e. The second-order valence-corrected chi connectivity index (χ2v) is 5.66. The van der Waals surface area contributed by atoms with Crippen LogP contribution in [0.15, 0.2) is 0 Å². The summed E-state index contributed by atoms with van der Waals surface area (Å²) in [7, 11) is 0. The Morgan fingerprint density at radius 2 is 2.11 bits per heavy atom. The van der Waals surface area contributed by atoms with Crippen molar-refractivity contribution < 1.29 is 4.79 Å². The molecule has 4 nitrogen and oxygen atoms in total. The summed E-state index contributed by atoms with van der Waals surface area (Å²) in [5.41, 5.74) is 0.973. The second kappa shape index (κ2) is 5.70. The van der Waals surface area contributed by atoms with Crippen LogP contribution >= 0.6 is 34.8 Å². The summed E-state index contributed by atoms with van der Waals surface area (Å²) in [4.78, 5) is 15.0. The molecule has 100 valence electrons. The molecule has 1 aliphatic heterocycles. The van der Waals surface area contributed by atoms with Gasteiger partial charge in [0.2, 0.25) is 0 Å². The third-order valence-electron chi connectivity index (χ3n) is 3.01. The van der Waals surface area contributed by atoms with Crippen molar-refractivity contribution in [3.63, 3.8) is 0 Å². The molecule has 0 aromatic carbocycles. The Bertz CT molecular complexity index is 461. The summed E-state index contributed by atoms with van der Waals surface area (Å²) >= 11 is 18.1. The van der Waals surface area contributed by atoms with E-state index in [0.29, 0.717) is 23.0 Å². The van der Waals surface area contributed by atoms with Crippen molar-refractivity contribution in [2.45, 2.75) is 24.8 Å². The summed E-state index contributed by atoms with van der Waals surface area (Å²) < 4.78 is 0. The molecule has 0 bridgehead atoms. The molecule has 3 N–H and O–H groups in total. The molecule has 1 fully saturated rings. The lowest BCUT2D eigenvalue weighted by molar-refractivity contribution is 0.0926. The molecule has 0 aliphatic carbocycles. The lowest BCUT2D eigenvalue weighted by Gasteiger charge is -2.28. The highest BCUT2D eigenvalue weighted by atomic mass is 35.5. The van der Waals surface area contributed by atoms with Crippen LogP contribution in [0, 0.1) is 6.92 Å². The van der Waals surface area contributed by atoms with Gasteiger partial charge in [0.15, 0.2) is 0 Å². The van der Waals surface area contributed by atoms with Crippen LogP contribution in [-0.4, -0.2) is 35.4 Å². The van der Waals surface area contributed by atoms with E-state index in [9.17, 15) is 4.79 Å². The number of nitrogens with one attached hydrogen (secondary N) is 3. The molecule has 2 rings (SSSR count). The molecule has 0 saturated carbocycles. The van der Waals surface area contributed by atoms with Gasteiger partial charge < -0.3 is 15.6 Å². The van der Waals surface area contributed by atoms with Gasteiger partial charge in [-0.3, -0.25) is 4.79 Å². The van der Waals surface area contributed by atoms with Crippen molar-refractivity contribution in [2.75, 3.05) is 13.1 Å². The molecule has 1 amide bonds. The smallest absolute Gasteiger partial charge is 0.269 e. The fourth-order valence-electron chi connectivity index (χ4n) is 1.95. The van der Waals surface area contributed by atoms with Crippen LogP contribution < -0.4 is 10.6 Å². The van der Waals surface area contributed by atoms with E-state index >= 15 is 0 Å².